The molecule has 0 fully saturated rings. The molecule has 3 nitrogen and oxygen atoms in total. The first-order valence-corrected chi connectivity index (χ1v) is 4.76. The van der Waals surface area contributed by atoms with Gasteiger partial charge >= 0.3 is 0 Å². The summed E-state index contributed by atoms with van der Waals surface area (Å²) in [6.45, 7) is 0.578. The van der Waals surface area contributed by atoms with Crippen molar-refractivity contribution in [3.63, 3.8) is 0 Å². The molecule has 0 spiro atoms. The van der Waals surface area contributed by atoms with Crippen molar-refractivity contribution in [2.45, 2.75) is 6.73 Å². The van der Waals surface area contributed by atoms with Crippen LogP contribution in [0.3, 0.4) is 0 Å². The third kappa shape index (κ3) is 1.82. The molecular weight excluding hydrogens is 358 g/mol. The number of halogens is 2. The molecule has 1 aromatic heterocycles. The van der Waals surface area contributed by atoms with Gasteiger partial charge in [0, 0.05) is 7.11 Å². The smallest absolute Gasteiger partial charge is 0.133 e. The van der Waals surface area contributed by atoms with E-state index in [4.69, 9.17) is 4.74 Å². The van der Waals surface area contributed by atoms with Crippen molar-refractivity contribution in [2.75, 3.05) is 7.11 Å². The molecule has 0 atom stereocenters. The predicted octanol–water partition coefficient (Wildman–Crippen LogP) is 1.70. The highest BCUT2D eigenvalue weighted by atomic mass is 127. The van der Waals surface area contributed by atoms with E-state index in [1.165, 1.54) is 0 Å². The molecule has 5 heteroatoms. The Kier molecular flexibility index (Phi) is 3.37. The number of hydrogen-bond donors (Lipinski definition) is 0. The Hall–Kier alpha value is 0.630. The summed E-state index contributed by atoms with van der Waals surface area (Å²) in [5.74, 6) is 0. The van der Waals surface area contributed by atoms with Crippen molar-refractivity contribution in [3.8, 4) is 0 Å². The van der Waals surface area contributed by atoms with Crippen molar-refractivity contribution >= 4 is 45.2 Å². The van der Waals surface area contributed by atoms with Gasteiger partial charge in [-0.3, -0.25) is 0 Å². The number of ether oxygens (including phenoxy) is 1. The van der Waals surface area contributed by atoms with Crippen molar-refractivity contribution in [3.05, 3.63) is 13.7 Å². The van der Waals surface area contributed by atoms with Crippen molar-refractivity contribution in [1.29, 1.82) is 0 Å². The van der Waals surface area contributed by atoms with Gasteiger partial charge in [0.1, 0.15) is 14.1 Å². The molecule has 0 aliphatic rings. The van der Waals surface area contributed by atoms with Gasteiger partial charge in [-0.25, -0.2) is 4.98 Å². The summed E-state index contributed by atoms with van der Waals surface area (Å²) in [4.78, 5) is 4.10. The van der Waals surface area contributed by atoms with E-state index in [-0.39, 0.29) is 0 Å². The highest BCUT2D eigenvalue weighted by molar-refractivity contribution is 14.1. The molecule has 0 bridgehead atoms. The summed E-state index contributed by atoms with van der Waals surface area (Å²) in [5.41, 5.74) is 0. The summed E-state index contributed by atoms with van der Waals surface area (Å²) in [6.07, 6.45) is 1.77. The van der Waals surface area contributed by atoms with E-state index in [0.717, 1.165) is 7.40 Å². The Morgan fingerprint density at radius 3 is 2.80 bits per heavy atom. The molecule has 1 heterocycles. The van der Waals surface area contributed by atoms with Crippen LogP contribution in [-0.4, -0.2) is 16.7 Å². The molecule has 0 amide bonds. The SMILES string of the molecule is COCn1cnc(I)c1I. The average molecular weight is 364 g/mol. The number of aromatic nitrogens is 2. The van der Waals surface area contributed by atoms with E-state index < -0.39 is 0 Å². The summed E-state index contributed by atoms with van der Waals surface area (Å²) in [6, 6.07) is 0. The first-order valence-electron chi connectivity index (χ1n) is 2.60. The molecular formula is C5H6I2N2O. The number of nitrogens with zero attached hydrogens (tertiary/aromatic N) is 2. The van der Waals surface area contributed by atoms with Crippen LogP contribution < -0.4 is 0 Å². The lowest BCUT2D eigenvalue weighted by molar-refractivity contribution is 0.129. The largest absolute Gasteiger partial charge is 0.364 e. The Balaban J connectivity index is 2.83. The van der Waals surface area contributed by atoms with Crippen LogP contribution in [-0.2, 0) is 11.5 Å². The van der Waals surface area contributed by atoms with Crippen LogP contribution >= 0.6 is 45.2 Å². The molecule has 1 rings (SSSR count). The summed E-state index contributed by atoms with van der Waals surface area (Å²) in [7, 11) is 1.67. The zero-order chi connectivity index (χ0) is 7.56. The Morgan fingerprint density at radius 1 is 1.70 bits per heavy atom. The van der Waals surface area contributed by atoms with Gasteiger partial charge in [-0.2, -0.15) is 0 Å². The lowest BCUT2D eigenvalue weighted by Gasteiger charge is -1.99. The topological polar surface area (TPSA) is 27.1 Å². The summed E-state index contributed by atoms with van der Waals surface area (Å²) in [5, 5.41) is 0. The minimum Gasteiger partial charge on any atom is -0.364 e. The fraction of sp³-hybridized carbons (Fsp3) is 0.400. The lowest BCUT2D eigenvalue weighted by atomic mass is 10.9. The molecule has 1 aromatic rings. The van der Waals surface area contributed by atoms with Crippen LogP contribution in [0.2, 0.25) is 0 Å². The lowest BCUT2D eigenvalue weighted by Crippen LogP contribution is -1.99. The first kappa shape index (κ1) is 8.72. The molecule has 0 saturated carbocycles. The molecule has 0 aromatic carbocycles. The molecule has 56 valence electrons. The van der Waals surface area contributed by atoms with Gasteiger partial charge in [-0.05, 0) is 45.2 Å². The second kappa shape index (κ2) is 3.86. The molecule has 0 aliphatic heterocycles. The standard InChI is InChI=1S/C5H6I2N2O/c1-10-3-9-2-8-4(6)5(9)7/h2H,3H2,1H3. The number of rotatable bonds is 2. The second-order valence-corrected chi connectivity index (χ2v) is 3.76. The van der Waals surface area contributed by atoms with Crippen LogP contribution in [0, 0.1) is 7.40 Å². The molecule has 0 saturated heterocycles. The Labute approximate surface area is 86.4 Å². The van der Waals surface area contributed by atoms with Crippen LogP contribution in [0.5, 0.6) is 0 Å². The van der Waals surface area contributed by atoms with Crippen molar-refractivity contribution in [2.24, 2.45) is 0 Å². The second-order valence-electron chi connectivity index (χ2n) is 1.71. The molecule has 10 heavy (non-hydrogen) atoms. The van der Waals surface area contributed by atoms with Crippen LogP contribution in [0.4, 0.5) is 0 Å². The van der Waals surface area contributed by atoms with Crippen LogP contribution in [0.15, 0.2) is 6.33 Å². The van der Waals surface area contributed by atoms with Gasteiger partial charge in [-0.1, -0.05) is 0 Å². The molecule has 0 radical (unpaired) electrons. The van der Waals surface area contributed by atoms with Crippen molar-refractivity contribution < 1.29 is 4.74 Å². The minimum atomic E-state index is 0.578. The monoisotopic (exact) mass is 364 g/mol. The maximum atomic E-state index is 4.94. The summed E-state index contributed by atoms with van der Waals surface area (Å²) >= 11 is 4.43. The third-order valence-electron chi connectivity index (χ3n) is 1.00. The maximum Gasteiger partial charge on any atom is 0.133 e. The molecule has 0 aliphatic carbocycles. The number of methoxy groups -OCH3 is 1. The predicted molar refractivity (Wildman–Crippen MR) is 54.7 cm³/mol. The normalized spacial score (nSPS) is 10.3. The zero-order valence-corrected chi connectivity index (χ0v) is 9.66. The Bertz CT molecular complexity index is 223. The van der Waals surface area contributed by atoms with E-state index in [2.05, 4.69) is 50.2 Å². The van der Waals surface area contributed by atoms with E-state index in [9.17, 15) is 0 Å². The highest BCUT2D eigenvalue weighted by Crippen LogP contribution is 2.12. The fourth-order valence-electron chi connectivity index (χ4n) is 0.572. The maximum absolute atomic E-state index is 4.94. The van der Waals surface area contributed by atoms with Crippen LogP contribution in [0.1, 0.15) is 0 Å². The first-order chi connectivity index (χ1) is 4.75. The quantitative estimate of drug-likeness (QED) is 0.748. The fourth-order valence-corrected chi connectivity index (χ4v) is 1.41. The number of hydrogen-bond acceptors (Lipinski definition) is 2. The van der Waals surface area contributed by atoms with E-state index in [1.54, 1.807) is 13.4 Å². The van der Waals surface area contributed by atoms with Gasteiger partial charge < -0.3 is 9.30 Å². The Morgan fingerprint density at radius 2 is 2.40 bits per heavy atom. The van der Waals surface area contributed by atoms with Gasteiger partial charge in [0.25, 0.3) is 0 Å². The zero-order valence-electron chi connectivity index (χ0n) is 5.34. The van der Waals surface area contributed by atoms with Crippen molar-refractivity contribution in [1.82, 2.24) is 9.55 Å². The van der Waals surface area contributed by atoms with Gasteiger partial charge in [0.15, 0.2) is 0 Å². The van der Waals surface area contributed by atoms with Crippen LogP contribution in [0.25, 0.3) is 0 Å². The summed E-state index contributed by atoms with van der Waals surface area (Å²) < 4.78 is 9.03. The third-order valence-corrected chi connectivity index (χ3v) is 3.95. The van der Waals surface area contributed by atoms with E-state index in [1.807, 2.05) is 4.57 Å². The van der Waals surface area contributed by atoms with E-state index in [0.29, 0.717) is 6.73 Å². The van der Waals surface area contributed by atoms with Gasteiger partial charge in [0.2, 0.25) is 0 Å². The van der Waals surface area contributed by atoms with Gasteiger partial charge in [0.05, 0.1) is 6.33 Å². The number of imidazole rings is 1. The minimum absolute atomic E-state index is 0.578. The molecule has 0 N–H and O–H groups in total. The molecule has 0 unspecified atom stereocenters. The average Bonchev–Trinajstić information content (AvgIpc) is 2.20. The van der Waals surface area contributed by atoms with Gasteiger partial charge in [-0.15, -0.1) is 0 Å². The van der Waals surface area contributed by atoms with E-state index >= 15 is 0 Å². The highest BCUT2D eigenvalue weighted by Gasteiger charge is 2.02.